The van der Waals surface area contributed by atoms with Gasteiger partial charge in [-0.25, -0.2) is 0 Å². The van der Waals surface area contributed by atoms with E-state index in [-0.39, 0.29) is 12.2 Å². The van der Waals surface area contributed by atoms with Crippen molar-refractivity contribution in [3.8, 4) is 0 Å². The number of carbonyl (C=O) groups is 3. The molecule has 2 aromatic carbocycles. The van der Waals surface area contributed by atoms with Gasteiger partial charge in [0.1, 0.15) is 6.04 Å². The molecule has 3 rings (SSSR count). The second-order valence-electron chi connectivity index (χ2n) is 6.69. The summed E-state index contributed by atoms with van der Waals surface area (Å²) in [6.45, 7) is 2.03. The Hall–Kier alpha value is -3.87. The van der Waals surface area contributed by atoms with Crippen LogP contribution in [-0.2, 0) is 17.6 Å². The Labute approximate surface area is 174 Å². The molecule has 3 aromatic rings. The lowest BCUT2D eigenvalue weighted by Crippen LogP contribution is -2.53. The molecule has 0 spiro atoms. The van der Waals surface area contributed by atoms with Crippen LogP contribution >= 0.6 is 0 Å². The van der Waals surface area contributed by atoms with E-state index in [2.05, 4.69) is 16.2 Å². The smallest absolute Gasteiger partial charge is 0.287 e. The molecule has 1 heterocycles. The standard InChI is InChI=1S/C23H23N3O4/c1-2-16-10-12-18(13-11-16)21(27)25-26-22(28)19(15-17-7-4-3-5-8-17)24-23(29)20-9-6-14-30-20/h3-14,19H,2,15H2,1H3,(H,24,29)(H,25,27)(H,26,28)/t19-/m0/s1. The predicted molar refractivity (Wildman–Crippen MR) is 112 cm³/mol. The molecular weight excluding hydrogens is 382 g/mol. The lowest BCUT2D eigenvalue weighted by molar-refractivity contribution is -0.123. The van der Waals surface area contributed by atoms with Crippen molar-refractivity contribution in [3.63, 3.8) is 0 Å². The Morgan fingerprint density at radius 3 is 2.20 bits per heavy atom. The van der Waals surface area contributed by atoms with Crippen molar-refractivity contribution >= 4 is 17.7 Å². The van der Waals surface area contributed by atoms with Crippen molar-refractivity contribution < 1.29 is 18.8 Å². The van der Waals surface area contributed by atoms with Gasteiger partial charge in [-0.1, -0.05) is 49.4 Å². The zero-order chi connectivity index (χ0) is 21.3. The minimum atomic E-state index is -0.909. The summed E-state index contributed by atoms with van der Waals surface area (Å²) in [5.41, 5.74) is 7.19. The van der Waals surface area contributed by atoms with E-state index in [1.165, 1.54) is 12.3 Å². The molecule has 1 aromatic heterocycles. The average molecular weight is 405 g/mol. The zero-order valence-electron chi connectivity index (χ0n) is 16.6. The quantitative estimate of drug-likeness (QED) is 0.526. The molecule has 30 heavy (non-hydrogen) atoms. The van der Waals surface area contributed by atoms with Gasteiger partial charge in [0.05, 0.1) is 6.26 Å². The maximum Gasteiger partial charge on any atom is 0.287 e. The topological polar surface area (TPSA) is 100 Å². The van der Waals surface area contributed by atoms with Crippen LogP contribution in [0.4, 0.5) is 0 Å². The van der Waals surface area contributed by atoms with Gasteiger partial charge in [0.15, 0.2) is 5.76 Å². The molecule has 0 saturated heterocycles. The number of benzene rings is 2. The van der Waals surface area contributed by atoms with E-state index in [9.17, 15) is 14.4 Å². The summed E-state index contributed by atoms with van der Waals surface area (Å²) in [5, 5.41) is 2.65. The molecule has 0 radical (unpaired) electrons. The van der Waals surface area contributed by atoms with E-state index in [0.29, 0.717) is 5.56 Å². The molecule has 0 fully saturated rings. The van der Waals surface area contributed by atoms with Crippen molar-refractivity contribution in [2.75, 3.05) is 0 Å². The third-order valence-electron chi connectivity index (χ3n) is 4.57. The van der Waals surface area contributed by atoms with E-state index in [0.717, 1.165) is 17.5 Å². The second-order valence-corrected chi connectivity index (χ2v) is 6.69. The third kappa shape index (κ3) is 5.57. The number of hydrogen-bond acceptors (Lipinski definition) is 4. The molecule has 3 N–H and O–H groups in total. The van der Waals surface area contributed by atoms with Gasteiger partial charge in [-0.15, -0.1) is 0 Å². The van der Waals surface area contributed by atoms with E-state index in [4.69, 9.17) is 4.42 Å². The van der Waals surface area contributed by atoms with Crippen molar-refractivity contribution in [1.82, 2.24) is 16.2 Å². The van der Waals surface area contributed by atoms with Gasteiger partial charge in [-0.3, -0.25) is 25.2 Å². The van der Waals surface area contributed by atoms with Crippen molar-refractivity contribution in [2.45, 2.75) is 25.8 Å². The summed E-state index contributed by atoms with van der Waals surface area (Å²) in [4.78, 5) is 37.4. The fourth-order valence-electron chi connectivity index (χ4n) is 2.87. The molecule has 0 aliphatic heterocycles. The third-order valence-corrected chi connectivity index (χ3v) is 4.57. The minimum absolute atomic E-state index is 0.0981. The highest BCUT2D eigenvalue weighted by molar-refractivity contribution is 5.98. The first-order valence-electron chi connectivity index (χ1n) is 9.64. The summed E-state index contributed by atoms with van der Waals surface area (Å²) in [6, 6.07) is 18.6. The van der Waals surface area contributed by atoms with Crippen LogP contribution in [0, 0.1) is 0 Å². The van der Waals surface area contributed by atoms with Crippen molar-refractivity contribution in [3.05, 3.63) is 95.4 Å². The Bertz CT molecular complexity index is 983. The van der Waals surface area contributed by atoms with Crippen LogP contribution in [0.5, 0.6) is 0 Å². The maximum absolute atomic E-state index is 12.7. The van der Waals surface area contributed by atoms with Gasteiger partial charge in [-0.05, 0) is 41.8 Å². The first-order chi connectivity index (χ1) is 14.6. The molecule has 154 valence electrons. The van der Waals surface area contributed by atoms with Crippen LogP contribution in [0.25, 0.3) is 0 Å². The number of amides is 3. The molecule has 0 bridgehead atoms. The average Bonchev–Trinajstić information content (AvgIpc) is 3.32. The zero-order valence-corrected chi connectivity index (χ0v) is 16.6. The van der Waals surface area contributed by atoms with Crippen molar-refractivity contribution in [1.29, 1.82) is 0 Å². The first-order valence-corrected chi connectivity index (χ1v) is 9.64. The number of hydrogen-bond donors (Lipinski definition) is 3. The SMILES string of the molecule is CCc1ccc(C(=O)NNC(=O)[C@H](Cc2ccccc2)NC(=O)c2ccco2)cc1. The Morgan fingerprint density at radius 2 is 1.57 bits per heavy atom. The van der Waals surface area contributed by atoms with Crippen LogP contribution in [0.2, 0.25) is 0 Å². The number of furan rings is 1. The number of aryl methyl sites for hydroxylation is 1. The summed E-state index contributed by atoms with van der Waals surface area (Å²) >= 11 is 0. The van der Waals surface area contributed by atoms with Crippen LogP contribution in [0.1, 0.15) is 39.0 Å². The summed E-state index contributed by atoms with van der Waals surface area (Å²) < 4.78 is 5.09. The second kappa shape index (κ2) is 10.1. The molecule has 7 heteroatoms. The highest BCUT2D eigenvalue weighted by Gasteiger charge is 2.23. The van der Waals surface area contributed by atoms with Crippen molar-refractivity contribution in [2.24, 2.45) is 0 Å². The van der Waals surface area contributed by atoms with Gasteiger partial charge < -0.3 is 9.73 Å². The summed E-state index contributed by atoms with van der Waals surface area (Å²) in [6.07, 6.45) is 2.50. The fraction of sp³-hybridized carbons (Fsp3) is 0.174. The minimum Gasteiger partial charge on any atom is -0.459 e. The Morgan fingerprint density at radius 1 is 0.833 bits per heavy atom. The number of nitrogens with one attached hydrogen (secondary N) is 3. The van der Waals surface area contributed by atoms with E-state index in [1.807, 2.05) is 49.4 Å². The van der Waals surface area contributed by atoms with Crippen LogP contribution in [0.3, 0.4) is 0 Å². The predicted octanol–water partition coefficient (Wildman–Crippen LogP) is 2.64. The fourth-order valence-corrected chi connectivity index (χ4v) is 2.87. The van der Waals surface area contributed by atoms with Crippen LogP contribution in [0.15, 0.2) is 77.4 Å². The highest BCUT2D eigenvalue weighted by Crippen LogP contribution is 2.07. The van der Waals surface area contributed by atoms with Crippen LogP contribution < -0.4 is 16.2 Å². The number of carbonyl (C=O) groups excluding carboxylic acids is 3. The van der Waals surface area contributed by atoms with E-state index >= 15 is 0 Å². The van der Waals surface area contributed by atoms with E-state index < -0.39 is 23.8 Å². The Balaban J connectivity index is 1.65. The molecular formula is C23H23N3O4. The molecule has 0 unspecified atom stereocenters. The molecule has 0 aliphatic rings. The highest BCUT2D eigenvalue weighted by atomic mass is 16.3. The number of rotatable bonds is 7. The van der Waals surface area contributed by atoms with Crippen LogP contribution in [-0.4, -0.2) is 23.8 Å². The summed E-state index contributed by atoms with van der Waals surface area (Å²) in [5.74, 6) is -1.41. The first kappa shape index (κ1) is 20.9. The van der Waals surface area contributed by atoms with Gasteiger partial charge in [0, 0.05) is 12.0 Å². The molecule has 7 nitrogen and oxygen atoms in total. The van der Waals surface area contributed by atoms with Gasteiger partial charge in [-0.2, -0.15) is 0 Å². The molecule has 0 saturated carbocycles. The summed E-state index contributed by atoms with van der Waals surface area (Å²) in [7, 11) is 0. The lowest BCUT2D eigenvalue weighted by atomic mass is 10.1. The number of hydrazine groups is 1. The molecule has 0 aliphatic carbocycles. The molecule has 1 atom stereocenters. The lowest BCUT2D eigenvalue weighted by Gasteiger charge is -2.18. The largest absolute Gasteiger partial charge is 0.459 e. The van der Waals surface area contributed by atoms with Gasteiger partial charge >= 0.3 is 0 Å². The monoisotopic (exact) mass is 405 g/mol. The normalized spacial score (nSPS) is 11.4. The van der Waals surface area contributed by atoms with Gasteiger partial charge in [0.25, 0.3) is 17.7 Å². The maximum atomic E-state index is 12.7. The molecule has 3 amide bonds. The van der Waals surface area contributed by atoms with E-state index in [1.54, 1.807) is 18.2 Å². The Kier molecular flexibility index (Phi) is 7.00. The van der Waals surface area contributed by atoms with Gasteiger partial charge in [0.2, 0.25) is 0 Å².